The van der Waals surface area contributed by atoms with Crippen molar-refractivity contribution in [1.29, 1.82) is 0 Å². The molecule has 2 N–H and O–H groups in total. The van der Waals surface area contributed by atoms with Crippen LogP contribution < -0.4 is 9.47 Å². The molecule has 5 nitrogen and oxygen atoms in total. The molecule has 1 aromatic heterocycles. The topological polar surface area (TPSA) is 67.4 Å². The van der Waals surface area contributed by atoms with Crippen molar-refractivity contribution in [3.8, 4) is 22.8 Å². The van der Waals surface area contributed by atoms with Gasteiger partial charge in [0.05, 0.1) is 19.9 Å². The number of rotatable bonds is 4. The molecule has 2 aromatic rings. The summed E-state index contributed by atoms with van der Waals surface area (Å²) in [6.07, 6.45) is 0. The number of aliphatic hydroxyl groups excluding tert-OH is 1. The van der Waals surface area contributed by atoms with Gasteiger partial charge in [0.2, 0.25) is 0 Å². The summed E-state index contributed by atoms with van der Waals surface area (Å²) in [5.74, 6) is 1.96. The summed E-state index contributed by atoms with van der Waals surface area (Å²) in [5.41, 5.74) is 2.57. The number of methoxy groups -OCH3 is 2. The maximum atomic E-state index is 9.08. The molecule has 0 aliphatic carbocycles. The first-order valence-electron chi connectivity index (χ1n) is 5.57. The van der Waals surface area contributed by atoms with E-state index in [2.05, 4.69) is 9.97 Å². The third-order valence-electron chi connectivity index (χ3n) is 2.71. The van der Waals surface area contributed by atoms with E-state index in [0.717, 1.165) is 17.0 Å². The van der Waals surface area contributed by atoms with Gasteiger partial charge in [-0.15, -0.1) is 0 Å². The number of ether oxygens (including phenoxy) is 2. The minimum absolute atomic E-state index is 0.109. The Balaban J connectivity index is 2.51. The molecule has 18 heavy (non-hydrogen) atoms. The van der Waals surface area contributed by atoms with Gasteiger partial charge in [-0.25, -0.2) is 4.98 Å². The van der Waals surface area contributed by atoms with E-state index in [1.54, 1.807) is 20.3 Å². The van der Waals surface area contributed by atoms with Crippen molar-refractivity contribution in [2.45, 2.75) is 13.5 Å². The molecule has 0 unspecified atom stereocenters. The Morgan fingerprint density at radius 2 is 1.78 bits per heavy atom. The molecule has 0 spiro atoms. The molecule has 5 heteroatoms. The van der Waals surface area contributed by atoms with Gasteiger partial charge in [-0.3, -0.25) is 0 Å². The third-order valence-corrected chi connectivity index (χ3v) is 2.71. The lowest BCUT2D eigenvalue weighted by molar-refractivity contribution is 0.272. The van der Waals surface area contributed by atoms with Crippen molar-refractivity contribution in [1.82, 2.24) is 9.97 Å². The molecule has 0 atom stereocenters. The molecule has 0 radical (unpaired) electrons. The summed E-state index contributed by atoms with van der Waals surface area (Å²) < 4.78 is 10.4. The average Bonchev–Trinajstić information content (AvgIpc) is 2.79. The first-order valence-corrected chi connectivity index (χ1v) is 5.57. The fourth-order valence-corrected chi connectivity index (χ4v) is 1.82. The van der Waals surface area contributed by atoms with Gasteiger partial charge >= 0.3 is 0 Å². The minimum atomic E-state index is -0.109. The highest BCUT2D eigenvalue weighted by Crippen LogP contribution is 2.30. The van der Waals surface area contributed by atoms with Crippen molar-refractivity contribution >= 4 is 0 Å². The molecule has 0 bridgehead atoms. The van der Waals surface area contributed by atoms with Crippen LogP contribution in [0.1, 0.15) is 11.5 Å². The van der Waals surface area contributed by atoms with Crippen molar-refractivity contribution < 1.29 is 14.6 Å². The SMILES string of the molecule is COc1cc(OC)cc(-c2nc(CO)[nH]c2C)c1. The zero-order valence-corrected chi connectivity index (χ0v) is 10.7. The lowest BCUT2D eigenvalue weighted by Crippen LogP contribution is -1.90. The van der Waals surface area contributed by atoms with Crippen LogP contribution in [0.5, 0.6) is 11.5 Å². The second kappa shape index (κ2) is 5.10. The van der Waals surface area contributed by atoms with Gasteiger partial charge < -0.3 is 19.6 Å². The predicted molar refractivity (Wildman–Crippen MR) is 67.8 cm³/mol. The Kier molecular flexibility index (Phi) is 3.53. The summed E-state index contributed by atoms with van der Waals surface area (Å²) in [4.78, 5) is 7.36. The molecule has 0 saturated carbocycles. The molecular weight excluding hydrogens is 232 g/mol. The van der Waals surface area contributed by atoms with E-state index in [4.69, 9.17) is 14.6 Å². The third kappa shape index (κ3) is 2.31. The summed E-state index contributed by atoms with van der Waals surface area (Å²) in [5, 5.41) is 9.08. The average molecular weight is 248 g/mol. The van der Waals surface area contributed by atoms with Crippen LogP contribution in [0.3, 0.4) is 0 Å². The van der Waals surface area contributed by atoms with Gasteiger partial charge in [0.1, 0.15) is 23.9 Å². The first kappa shape index (κ1) is 12.4. The van der Waals surface area contributed by atoms with E-state index >= 15 is 0 Å². The van der Waals surface area contributed by atoms with Gasteiger partial charge in [0.15, 0.2) is 0 Å². The normalized spacial score (nSPS) is 10.4. The number of nitrogens with one attached hydrogen (secondary N) is 1. The van der Waals surface area contributed by atoms with Crippen LogP contribution in [-0.2, 0) is 6.61 Å². The monoisotopic (exact) mass is 248 g/mol. The quantitative estimate of drug-likeness (QED) is 0.867. The summed E-state index contributed by atoms with van der Waals surface area (Å²) in [6, 6.07) is 5.57. The van der Waals surface area contributed by atoms with Gasteiger partial charge in [-0.1, -0.05) is 0 Å². The van der Waals surface area contributed by atoms with Crippen molar-refractivity contribution in [2.75, 3.05) is 14.2 Å². The molecule has 0 aliphatic heterocycles. The highest BCUT2D eigenvalue weighted by Gasteiger charge is 2.11. The van der Waals surface area contributed by atoms with Crippen LogP contribution >= 0.6 is 0 Å². The van der Waals surface area contributed by atoms with Gasteiger partial charge in [-0.05, 0) is 19.1 Å². The van der Waals surface area contributed by atoms with E-state index in [9.17, 15) is 0 Å². The van der Waals surface area contributed by atoms with Gasteiger partial charge in [-0.2, -0.15) is 0 Å². The maximum absolute atomic E-state index is 9.08. The van der Waals surface area contributed by atoms with Crippen LogP contribution in [0.15, 0.2) is 18.2 Å². The fourth-order valence-electron chi connectivity index (χ4n) is 1.82. The van der Waals surface area contributed by atoms with E-state index in [0.29, 0.717) is 17.3 Å². The van der Waals surface area contributed by atoms with Crippen LogP contribution in [0.2, 0.25) is 0 Å². The van der Waals surface area contributed by atoms with Crippen molar-refractivity contribution in [3.63, 3.8) is 0 Å². The van der Waals surface area contributed by atoms with Crippen LogP contribution in [0, 0.1) is 6.92 Å². The number of H-pyrrole nitrogens is 1. The first-order chi connectivity index (χ1) is 8.67. The number of nitrogens with zero attached hydrogens (tertiary/aromatic N) is 1. The standard InChI is InChI=1S/C13H16N2O3/c1-8-13(15-12(7-16)14-8)9-4-10(17-2)6-11(5-9)18-3/h4-6,16H,7H2,1-3H3,(H,14,15). The molecule has 96 valence electrons. The summed E-state index contributed by atoms with van der Waals surface area (Å²) in [7, 11) is 3.21. The Morgan fingerprint density at radius 3 is 2.22 bits per heavy atom. The minimum Gasteiger partial charge on any atom is -0.497 e. The number of hydrogen-bond acceptors (Lipinski definition) is 4. The van der Waals surface area contributed by atoms with Crippen LogP contribution in [-0.4, -0.2) is 29.3 Å². The second-order valence-electron chi connectivity index (χ2n) is 3.92. The number of aryl methyl sites for hydroxylation is 1. The molecule has 0 saturated heterocycles. The lowest BCUT2D eigenvalue weighted by Gasteiger charge is -2.07. The number of aliphatic hydroxyl groups is 1. The van der Waals surface area contributed by atoms with Crippen LogP contribution in [0.25, 0.3) is 11.3 Å². The Hall–Kier alpha value is -2.01. The maximum Gasteiger partial charge on any atom is 0.132 e. The Morgan fingerprint density at radius 1 is 1.17 bits per heavy atom. The Labute approximate surface area is 105 Å². The largest absolute Gasteiger partial charge is 0.497 e. The van der Waals surface area contributed by atoms with Crippen molar-refractivity contribution in [2.24, 2.45) is 0 Å². The zero-order valence-electron chi connectivity index (χ0n) is 10.7. The summed E-state index contributed by atoms with van der Waals surface area (Å²) in [6.45, 7) is 1.80. The highest BCUT2D eigenvalue weighted by atomic mass is 16.5. The molecule has 1 heterocycles. The number of imidazole rings is 1. The van der Waals surface area contributed by atoms with Gasteiger partial charge in [0.25, 0.3) is 0 Å². The molecule has 0 amide bonds. The molecule has 2 rings (SSSR count). The number of aromatic nitrogens is 2. The summed E-state index contributed by atoms with van der Waals surface area (Å²) >= 11 is 0. The predicted octanol–water partition coefficient (Wildman–Crippen LogP) is 1.89. The Bertz CT molecular complexity index is 527. The van der Waals surface area contributed by atoms with E-state index < -0.39 is 0 Å². The van der Waals surface area contributed by atoms with Gasteiger partial charge in [0, 0.05) is 17.3 Å². The number of benzene rings is 1. The second-order valence-corrected chi connectivity index (χ2v) is 3.92. The van der Waals surface area contributed by atoms with E-state index in [1.165, 1.54) is 0 Å². The van der Waals surface area contributed by atoms with Crippen molar-refractivity contribution in [3.05, 3.63) is 29.7 Å². The molecular formula is C13H16N2O3. The highest BCUT2D eigenvalue weighted by molar-refractivity contribution is 5.66. The zero-order chi connectivity index (χ0) is 13.1. The van der Waals surface area contributed by atoms with Crippen LogP contribution in [0.4, 0.5) is 0 Å². The van der Waals surface area contributed by atoms with E-state index in [1.807, 2.05) is 19.1 Å². The van der Waals surface area contributed by atoms with E-state index in [-0.39, 0.29) is 6.61 Å². The smallest absolute Gasteiger partial charge is 0.132 e. The molecule has 0 fully saturated rings. The molecule has 0 aliphatic rings. The fraction of sp³-hybridized carbons (Fsp3) is 0.308. The number of hydrogen-bond donors (Lipinski definition) is 2. The molecule has 1 aromatic carbocycles. The lowest BCUT2D eigenvalue weighted by atomic mass is 10.1. The number of aromatic amines is 1.